The second-order valence-corrected chi connectivity index (χ2v) is 4.31. The predicted molar refractivity (Wildman–Crippen MR) is 75.5 cm³/mol. The molecule has 2 rings (SSSR count). The van der Waals surface area contributed by atoms with Gasteiger partial charge < -0.3 is 20.4 Å². The van der Waals surface area contributed by atoms with E-state index in [1.165, 1.54) is 0 Å². The van der Waals surface area contributed by atoms with Crippen LogP contribution in [0.15, 0.2) is 30.5 Å². The minimum Gasteiger partial charge on any atom is -0.383 e. The molecule has 0 unspecified atom stereocenters. The van der Waals surface area contributed by atoms with Crippen molar-refractivity contribution in [3.05, 3.63) is 36.0 Å². The number of aromatic nitrogens is 1. The second kappa shape index (κ2) is 6.72. The fraction of sp³-hybridized carbons (Fsp3) is 0.286. The van der Waals surface area contributed by atoms with E-state index in [1.807, 2.05) is 18.3 Å². The van der Waals surface area contributed by atoms with Crippen molar-refractivity contribution < 1.29 is 14.3 Å². The van der Waals surface area contributed by atoms with Crippen LogP contribution in [0.3, 0.4) is 0 Å². The van der Waals surface area contributed by atoms with Gasteiger partial charge >= 0.3 is 0 Å². The van der Waals surface area contributed by atoms with Crippen LogP contribution in [0.2, 0.25) is 0 Å². The molecular formula is C14H17N3O3. The highest BCUT2D eigenvalue weighted by molar-refractivity contribution is 5.99. The number of amides is 2. The number of rotatable bonds is 6. The third-order valence-electron chi connectivity index (χ3n) is 2.86. The summed E-state index contributed by atoms with van der Waals surface area (Å²) in [4.78, 5) is 26.4. The Hall–Kier alpha value is -2.34. The maximum absolute atomic E-state index is 11.9. The molecule has 1 aromatic carbocycles. The van der Waals surface area contributed by atoms with Crippen molar-refractivity contribution in [3.63, 3.8) is 0 Å². The van der Waals surface area contributed by atoms with Gasteiger partial charge in [0.1, 0.15) is 0 Å². The van der Waals surface area contributed by atoms with Gasteiger partial charge in [-0.15, -0.1) is 0 Å². The Morgan fingerprint density at radius 2 is 2.10 bits per heavy atom. The number of carbonyl (C=O) groups excluding carboxylic acids is 2. The van der Waals surface area contributed by atoms with Crippen LogP contribution >= 0.6 is 0 Å². The molecule has 2 aromatic rings. The quantitative estimate of drug-likeness (QED) is 0.677. The van der Waals surface area contributed by atoms with Crippen molar-refractivity contribution in [3.8, 4) is 0 Å². The predicted octanol–water partition coefficient (Wildman–Crippen LogP) is 0.660. The molecule has 0 spiro atoms. The van der Waals surface area contributed by atoms with Crippen LogP contribution in [-0.2, 0) is 9.53 Å². The van der Waals surface area contributed by atoms with Gasteiger partial charge in [-0.2, -0.15) is 0 Å². The maximum atomic E-state index is 11.9. The first-order valence-electron chi connectivity index (χ1n) is 6.31. The fourth-order valence-electron chi connectivity index (χ4n) is 1.81. The fourth-order valence-corrected chi connectivity index (χ4v) is 1.81. The number of fused-ring (bicyclic) bond motifs is 1. The van der Waals surface area contributed by atoms with Gasteiger partial charge in [0.05, 0.1) is 13.2 Å². The minimum atomic E-state index is -0.275. The van der Waals surface area contributed by atoms with E-state index in [9.17, 15) is 9.59 Å². The molecule has 2 amide bonds. The lowest BCUT2D eigenvalue weighted by Crippen LogP contribution is -2.38. The standard InChI is InChI=1S/C14H17N3O3/c1-20-7-6-16-13(18)9-17-14(19)11-3-2-10-4-5-15-12(10)8-11/h2-5,8,15H,6-7,9H2,1H3,(H,16,18)(H,17,19). The van der Waals surface area contributed by atoms with Crippen LogP contribution in [0.4, 0.5) is 0 Å². The number of hydrogen-bond donors (Lipinski definition) is 3. The molecule has 1 heterocycles. The topological polar surface area (TPSA) is 83.2 Å². The summed E-state index contributed by atoms with van der Waals surface area (Å²) in [6.45, 7) is 0.828. The average Bonchev–Trinajstić information content (AvgIpc) is 2.92. The largest absolute Gasteiger partial charge is 0.383 e. The highest BCUT2D eigenvalue weighted by atomic mass is 16.5. The Balaban J connectivity index is 1.86. The van der Waals surface area contributed by atoms with Crippen molar-refractivity contribution in [2.75, 3.05) is 26.8 Å². The first-order chi connectivity index (χ1) is 9.70. The zero-order valence-corrected chi connectivity index (χ0v) is 11.2. The van der Waals surface area contributed by atoms with Gasteiger partial charge in [-0.05, 0) is 23.6 Å². The van der Waals surface area contributed by atoms with Crippen LogP contribution in [0, 0.1) is 0 Å². The summed E-state index contributed by atoms with van der Waals surface area (Å²) in [7, 11) is 1.56. The molecule has 3 N–H and O–H groups in total. The van der Waals surface area contributed by atoms with Gasteiger partial charge in [0, 0.05) is 30.9 Å². The molecule has 106 valence electrons. The first kappa shape index (κ1) is 14.1. The Morgan fingerprint density at radius 3 is 2.90 bits per heavy atom. The molecule has 0 aliphatic rings. The van der Waals surface area contributed by atoms with E-state index in [2.05, 4.69) is 15.6 Å². The highest BCUT2D eigenvalue weighted by Gasteiger charge is 2.08. The smallest absolute Gasteiger partial charge is 0.251 e. The number of ether oxygens (including phenoxy) is 1. The van der Waals surface area contributed by atoms with Gasteiger partial charge in [-0.3, -0.25) is 9.59 Å². The van der Waals surface area contributed by atoms with E-state index in [0.29, 0.717) is 18.7 Å². The number of nitrogens with one attached hydrogen (secondary N) is 3. The summed E-state index contributed by atoms with van der Waals surface area (Å²) in [6.07, 6.45) is 1.82. The van der Waals surface area contributed by atoms with E-state index >= 15 is 0 Å². The van der Waals surface area contributed by atoms with Crippen molar-refractivity contribution in [2.24, 2.45) is 0 Å². The van der Waals surface area contributed by atoms with Gasteiger partial charge in [0.2, 0.25) is 5.91 Å². The SMILES string of the molecule is COCCNC(=O)CNC(=O)c1ccc2cc[nH]c2c1. The summed E-state index contributed by atoms with van der Waals surface area (Å²) in [6, 6.07) is 7.28. The molecule has 0 saturated carbocycles. The van der Waals surface area contributed by atoms with Gasteiger partial charge in [0.15, 0.2) is 0 Å². The number of aromatic amines is 1. The summed E-state index contributed by atoms with van der Waals surface area (Å²) in [5.74, 6) is -0.514. The van der Waals surface area contributed by atoms with Gasteiger partial charge in [-0.1, -0.05) is 6.07 Å². The highest BCUT2D eigenvalue weighted by Crippen LogP contribution is 2.13. The van der Waals surface area contributed by atoms with Gasteiger partial charge in [0.25, 0.3) is 5.91 Å². The lowest BCUT2D eigenvalue weighted by molar-refractivity contribution is -0.120. The van der Waals surface area contributed by atoms with Crippen LogP contribution < -0.4 is 10.6 Å². The molecule has 0 radical (unpaired) electrons. The third-order valence-corrected chi connectivity index (χ3v) is 2.86. The maximum Gasteiger partial charge on any atom is 0.251 e. The minimum absolute atomic E-state index is 0.0503. The van der Waals surface area contributed by atoms with E-state index < -0.39 is 0 Å². The number of benzene rings is 1. The van der Waals surface area contributed by atoms with E-state index in [-0.39, 0.29) is 18.4 Å². The summed E-state index contributed by atoms with van der Waals surface area (Å²) >= 11 is 0. The summed E-state index contributed by atoms with van der Waals surface area (Å²) in [5.41, 5.74) is 1.41. The number of hydrogen-bond acceptors (Lipinski definition) is 3. The molecular weight excluding hydrogens is 258 g/mol. The normalized spacial score (nSPS) is 10.4. The molecule has 0 atom stereocenters. The Kier molecular flexibility index (Phi) is 4.73. The summed E-state index contributed by atoms with van der Waals surface area (Å²) < 4.78 is 4.81. The molecule has 0 bridgehead atoms. The Morgan fingerprint density at radius 1 is 1.25 bits per heavy atom. The zero-order valence-electron chi connectivity index (χ0n) is 11.2. The molecule has 0 saturated heterocycles. The van der Waals surface area contributed by atoms with Crippen LogP contribution in [0.1, 0.15) is 10.4 Å². The monoisotopic (exact) mass is 275 g/mol. The molecule has 6 heteroatoms. The van der Waals surface area contributed by atoms with E-state index in [1.54, 1.807) is 19.2 Å². The lowest BCUT2D eigenvalue weighted by Gasteiger charge is -2.06. The van der Waals surface area contributed by atoms with Crippen molar-refractivity contribution >= 4 is 22.7 Å². The van der Waals surface area contributed by atoms with Crippen molar-refractivity contribution in [1.29, 1.82) is 0 Å². The van der Waals surface area contributed by atoms with Crippen LogP contribution in [0.5, 0.6) is 0 Å². The van der Waals surface area contributed by atoms with Crippen molar-refractivity contribution in [2.45, 2.75) is 0 Å². The molecule has 0 aliphatic carbocycles. The summed E-state index contributed by atoms with van der Waals surface area (Å²) in [5, 5.41) is 6.25. The number of methoxy groups -OCH3 is 1. The molecule has 20 heavy (non-hydrogen) atoms. The Labute approximate surface area is 116 Å². The van der Waals surface area contributed by atoms with Gasteiger partial charge in [-0.25, -0.2) is 0 Å². The van der Waals surface area contributed by atoms with Crippen LogP contribution in [0.25, 0.3) is 10.9 Å². The molecule has 0 aliphatic heterocycles. The van der Waals surface area contributed by atoms with Crippen LogP contribution in [-0.4, -0.2) is 43.6 Å². The average molecular weight is 275 g/mol. The Bertz CT molecular complexity index is 606. The zero-order chi connectivity index (χ0) is 14.4. The lowest BCUT2D eigenvalue weighted by atomic mass is 10.1. The van der Waals surface area contributed by atoms with E-state index in [0.717, 1.165) is 10.9 Å². The van der Waals surface area contributed by atoms with E-state index in [4.69, 9.17) is 4.74 Å². The number of carbonyl (C=O) groups is 2. The molecule has 1 aromatic heterocycles. The third kappa shape index (κ3) is 3.58. The van der Waals surface area contributed by atoms with Crippen molar-refractivity contribution in [1.82, 2.24) is 15.6 Å². The molecule has 0 fully saturated rings. The number of H-pyrrole nitrogens is 1. The second-order valence-electron chi connectivity index (χ2n) is 4.31. The first-order valence-corrected chi connectivity index (χ1v) is 6.31. The molecule has 6 nitrogen and oxygen atoms in total.